The molecule has 0 aliphatic carbocycles. The molecule has 0 saturated carbocycles. The SMILES string of the molecule is CC(N)c1ccc(F)c(-c2cccc3cnccc23)c1. The van der Waals surface area contributed by atoms with Crippen molar-refractivity contribution >= 4 is 10.8 Å². The van der Waals surface area contributed by atoms with Crippen LogP contribution in [0.5, 0.6) is 0 Å². The molecule has 100 valence electrons. The number of hydrogen-bond acceptors (Lipinski definition) is 2. The minimum atomic E-state index is -0.237. The third-order valence-electron chi connectivity index (χ3n) is 3.49. The smallest absolute Gasteiger partial charge is 0.131 e. The van der Waals surface area contributed by atoms with Crippen molar-refractivity contribution < 1.29 is 4.39 Å². The lowest BCUT2D eigenvalue weighted by Crippen LogP contribution is -2.05. The Labute approximate surface area is 117 Å². The lowest BCUT2D eigenvalue weighted by atomic mass is 9.96. The van der Waals surface area contributed by atoms with Gasteiger partial charge in [-0.25, -0.2) is 4.39 Å². The molecule has 0 aliphatic rings. The van der Waals surface area contributed by atoms with Crippen LogP contribution in [0, 0.1) is 5.82 Å². The van der Waals surface area contributed by atoms with Gasteiger partial charge in [-0.2, -0.15) is 0 Å². The number of fused-ring (bicyclic) bond motifs is 1. The van der Waals surface area contributed by atoms with Crippen LogP contribution in [-0.4, -0.2) is 4.98 Å². The summed E-state index contributed by atoms with van der Waals surface area (Å²) in [4.78, 5) is 4.10. The number of halogens is 1. The van der Waals surface area contributed by atoms with Gasteiger partial charge in [-0.1, -0.05) is 24.3 Å². The fourth-order valence-corrected chi connectivity index (χ4v) is 2.39. The first-order valence-corrected chi connectivity index (χ1v) is 6.55. The Kier molecular flexibility index (Phi) is 3.20. The van der Waals surface area contributed by atoms with E-state index in [0.29, 0.717) is 5.56 Å². The van der Waals surface area contributed by atoms with Crippen LogP contribution in [-0.2, 0) is 0 Å². The predicted octanol–water partition coefficient (Wildman–Crippen LogP) is 4.06. The van der Waals surface area contributed by atoms with E-state index >= 15 is 0 Å². The van der Waals surface area contributed by atoms with Crippen LogP contribution in [0.25, 0.3) is 21.9 Å². The van der Waals surface area contributed by atoms with E-state index in [1.54, 1.807) is 18.5 Å². The second-order valence-electron chi connectivity index (χ2n) is 4.93. The van der Waals surface area contributed by atoms with Gasteiger partial charge in [0.2, 0.25) is 0 Å². The highest BCUT2D eigenvalue weighted by atomic mass is 19.1. The van der Waals surface area contributed by atoms with Crippen LogP contribution in [0.2, 0.25) is 0 Å². The summed E-state index contributed by atoms with van der Waals surface area (Å²) in [5, 5.41) is 1.99. The molecule has 0 radical (unpaired) electrons. The van der Waals surface area contributed by atoms with Crippen LogP contribution < -0.4 is 5.73 Å². The molecule has 0 spiro atoms. The molecule has 2 aromatic carbocycles. The summed E-state index contributed by atoms with van der Waals surface area (Å²) < 4.78 is 14.2. The molecule has 0 aliphatic heterocycles. The Hall–Kier alpha value is -2.26. The quantitative estimate of drug-likeness (QED) is 0.759. The second kappa shape index (κ2) is 5.02. The molecule has 0 fully saturated rings. The Bertz CT molecular complexity index is 761. The zero-order valence-corrected chi connectivity index (χ0v) is 11.2. The van der Waals surface area contributed by atoms with Gasteiger partial charge in [0.25, 0.3) is 0 Å². The van der Waals surface area contributed by atoms with Gasteiger partial charge in [-0.3, -0.25) is 4.98 Å². The number of benzene rings is 2. The Morgan fingerprint density at radius 3 is 2.75 bits per heavy atom. The first kappa shape index (κ1) is 12.8. The minimum absolute atomic E-state index is 0.119. The molecule has 0 amide bonds. The lowest BCUT2D eigenvalue weighted by molar-refractivity contribution is 0.629. The van der Waals surface area contributed by atoms with Crippen LogP contribution in [0.15, 0.2) is 54.9 Å². The van der Waals surface area contributed by atoms with Crippen molar-refractivity contribution in [2.24, 2.45) is 5.73 Å². The van der Waals surface area contributed by atoms with E-state index in [2.05, 4.69) is 4.98 Å². The van der Waals surface area contributed by atoms with E-state index < -0.39 is 0 Å². The number of pyridine rings is 1. The highest BCUT2D eigenvalue weighted by molar-refractivity contribution is 5.96. The fraction of sp³-hybridized carbons (Fsp3) is 0.118. The first-order chi connectivity index (χ1) is 9.66. The molecule has 1 heterocycles. The Morgan fingerprint density at radius 1 is 1.10 bits per heavy atom. The molecule has 1 atom stereocenters. The summed E-state index contributed by atoms with van der Waals surface area (Å²) >= 11 is 0. The number of aromatic nitrogens is 1. The molecule has 3 heteroatoms. The van der Waals surface area contributed by atoms with E-state index in [1.807, 2.05) is 37.3 Å². The average Bonchev–Trinajstić information content (AvgIpc) is 2.47. The third-order valence-corrected chi connectivity index (χ3v) is 3.49. The van der Waals surface area contributed by atoms with E-state index in [9.17, 15) is 4.39 Å². The van der Waals surface area contributed by atoms with Crippen molar-refractivity contribution in [3.63, 3.8) is 0 Å². The minimum Gasteiger partial charge on any atom is -0.324 e. The normalized spacial score (nSPS) is 12.6. The zero-order chi connectivity index (χ0) is 14.1. The van der Waals surface area contributed by atoms with Crippen LogP contribution >= 0.6 is 0 Å². The number of hydrogen-bond donors (Lipinski definition) is 1. The van der Waals surface area contributed by atoms with Crippen molar-refractivity contribution in [3.05, 3.63) is 66.2 Å². The number of nitrogens with zero attached hydrogens (tertiary/aromatic N) is 1. The summed E-state index contributed by atoms with van der Waals surface area (Å²) in [6.07, 6.45) is 3.51. The third kappa shape index (κ3) is 2.17. The van der Waals surface area contributed by atoms with Gasteiger partial charge in [-0.15, -0.1) is 0 Å². The maximum absolute atomic E-state index is 14.2. The van der Waals surface area contributed by atoms with Gasteiger partial charge in [0.15, 0.2) is 0 Å². The van der Waals surface area contributed by atoms with Crippen molar-refractivity contribution in [3.8, 4) is 11.1 Å². The van der Waals surface area contributed by atoms with E-state index in [-0.39, 0.29) is 11.9 Å². The van der Waals surface area contributed by atoms with Crippen molar-refractivity contribution in [2.75, 3.05) is 0 Å². The van der Waals surface area contributed by atoms with Gasteiger partial charge in [0, 0.05) is 29.4 Å². The molecular formula is C17H15FN2. The summed E-state index contributed by atoms with van der Waals surface area (Å²) in [6, 6.07) is 12.6. The maximum Gasteiger partial charge on any atom is 0.131 e. The van der Waals surface area contributed by atoms with E-state index in [4.69, 9.17) is 5.73 Å². The fourth-order valence-electron chi connectivity index (χ4n) is 2.39. The van der Waals surface area contributed by atoms with Gasteiger partial charge in [-0.05, 0) is 41.6 Å². The molecule has 2 nitrogen and oxygen atoms in total. The highest BCUT2D eigenvalue weighted by Gasteiger charge is 2.11. The summed E-state index contributed by atoms with van der Waals surface area (Å²) in [6.45, 7) is 1.89. The predicted molar refractivity (Wildman–Crippen MR) is 79.7 cm³/mol. The monoisotopic (exact) mass is 266 g/mol. The molecule has 3 rings (SSSR count). The van der Waals surface area contributed by atoms with Crippen LogP contribution in [0.3, 0.4) is 0 Å². The van der Waals surface area contributed by atoms with Gasteiger partial charge in [0.1, 0.15) is 5.82 Å². The van der Waals surface area contributed by atoms with Crippen molar-refractivity contribution in [1.82, 2.24) is 4.98 Å². The topological polar surface area (TPSA) is 38.9 Å². The molecule has 0 bridgehead atoms. The highest BCUT2D eigenvalue weighted by Crippen LogP contribution is 2.31. The van der Waals surface area contributed by atoms with E-state index in [1.165, 1.54) is 6.07 Å². The van der Waals surface area contributed by atoms with Crippen molar-refractivity contribution in [2.45, 2.75) is 13.0 Å². The number of rotatable bonds is 2. The molecule has 1 aromatic heterocycles. The Balaban J connectivity index is 2.28. The average molecular weight is 266 g/mol. The molecule has 3 aromatic rings. The van der Waals surface area contributed by atoms with E-state index in [0.717, 1.165) is 21.9 Å². The molecule has 0 saturated heterocycles. The summed E-state index contributed by atoms with van der Waals surface area (Å²) in [5.41, 5.74) is 8.26. The number of nitrogens with two attached hydrogens (primary N) is 1. The van der Waals surface area contributed by atoms with Gasteiger partial charge < -0.3 is 5.73 Å². The lowest BCUT2D eigenvalue weighted by Gasteiger charge is -2.11. The van der Waals surface area contributed by atoms with Crippen molar-refractivity contribution in [1.29, 1.82) is 0 Å². The standard InChI is InChI=1S/C17H15FN2/c1-11(19)12-5-6-17(18)16(9-12)15-4-2-3-13-10-20-8-7-14(13)15/h2-11H,19H2,1H3. The molecule has 2 N–H and O–H groups in total. The Morgan fingerprint density at radius 2 is 1.95 bits per heavy atom. The second-order valence-corrected chi connectivity index (χ2v) is 4.93. The zero-order valence-electron chi connectivity index (χ0n) is 11.2. The molecule has 20 heavy (non-hydrogen) atoms. The summed E-state index contributed by atoms with van der Waals surface area (Å²) in [7, 11) is 0. The maximum atomic E-state index is 14.2. The summed E-state index contributed by atoms with van der Waals surface area (Å²) in [5.74, 6) is -0.237. The van der Waals surface area contributed by atoms with Crippen LogP contribution in [0.1, 0.15) is 18.5 Å². The largest absolute Gasteiger partial charge is 0.324 e. The first-order valence-electron chi connectivity index (χ1n) is 6.55. The molecule has 1 unspecified atom stereocenters. The molecular weight excluding hydrogens is 251 g/mol. The van der Waals surface area contributed by atoms with Crippen LogP contribution in [0.4, 0.5) is 4.39 Å². The van der Waals surface area contributed by atoms with Gasteiger partial charge in [0.05, 0.1) is 0 Å². The van der Waals surface area contributed by atoms with Gasteiger partial charge >= 0.3 is 0 Å².